The zero-order chi connectivity index (χ0) is 15.5. The Kier molecular flexibility index (Phi) is 4.15. The highest BCUT2D eigenvalue weighted by Crippen LogP contribution is 2.22. The van der Waals surface area contributed by atoms with Crippen LogP contribution in [0, 0.1) is 0 Å². The predicted octanol–water partition coefficient (Wildman–Crippen LogP) is 2.02. The Morgan fingerprint density at radius 2 is 1.86 bits per heavy atom. The minimum atomic E-state index is -0.0674. The largest absolute Gasteiger partial charge is 0.344 e. The molecule has 1 aromatic heterocycles. The summed E-state index contributed by atoms with van der Waals surface area (Å²) in [7, 11) is 1.85. The van der Waals surface area contributed by atoms with E-state index in [0.29, 0.717) is 0 Å². The van der Waals surface area contributed by atoms with Gasteiger partial charge in [-0.05, 0) is 24.5 Å². The zero-order valence-electron chi connectivity index (χ0n) is 12.9. The number of likely N-dealkylation sites (N-methyl/N-ethyl adjacent to an activating group) is 1. The van der Waals surface area contributed by atoms with Crippen molar-refractivity contribution in [3.8, 4) is 11.1 Å². The van der Waals surface area contributed by atoms with Crippen LogP contribution >= 0.6 is 0 Å². The Morgan fingerprint density at radius 1 is 1.18 bits per heavy atom. The summed E-state index contributed by atoms with van der Waals surface area (Å²) < 4.78 is 0. The third kappa shape index (κ3) is 2.99. The van der Waals surface area contributed by atoms with E-state index < -0.39 is 0 Å². The summed E-state index contributed by atoms with van der Waals surface area (Å²) in [6.45, 7) is 2.92. The van der Waals surface area contributed by atoms with Gasteiger partial charge in [-0.1, -0.05) is 24.3 Å². The second-order valence-electron chi connectivity index (χ2n) is 5.74. The van der Waals surface area contributed by atoms with Gasteiger partial charge in [-0.25, -0.2) is 9.97 Å². The number of amides is 1. The molecule has 0 unspecified atom stereocenters. The second kappa shape index (κ2) is 6.23. The van der Waals surface area contributed by atoms with Crippen LogP contribution in [-0.2, 0) is 4.79 Å². The maximum atomic E-state index is 12.0. The van der Waals surface area contributed by atoms with Crippen LogP contribution in [0.15, 0.2) is 43.0 Å². The Morgan fingerprint density at radius 3 is 2.45 bits per heavy atom. The van der Waals surface area contributed by atoms with Gasteiger partial charge in [0.05, 0.1) is 6.04 Å². The van der Waals surface area contributed by atoms with Crippen molar-refractivity contribution >= 4 is 5.91 Å². The standard InChI is InChI=1S/C17H20N4O/c1-12(20-16-7-8-21(2)17(16)22)13-3-5-14(6-4-13)15-9-18-11-19-10-15/h3-6,9-12,16,20H,7-8H2,1-2H3/t12-,16-/m0/s1. The number of hydrogen-bond donors (Lipinski definition) is 1. The minimum Gasteiger partial charge on any atom is -0.344 e. The Labute approximate surface area is 130 Å². The van der Waals surface area contributed by atoms with Crippen molar-refractivity contribution in [3.05, 3.63) is 48.5 Å². The molecule has 5 nitrogen and oxygen atoms in total. The molecular formula is C17H20N4O. The van der Waals surface area contributed by atoms with Gasteiger partial charge in [-0.15, -0.1) is 0 Å². The Balaban J connectivity index is 1.69. The lowest BCUT2D eigenvalue weighted by atomic mass is 10.0. The van der Waals surface area contributed by atoms with Crippen molar-refractivity contribution in [2.75, 3.05) is 13.6 Å². The van der Waals surface area contributed by atoms with Crippen LogP contribution in [0.25, 0.3) is 11.1 Å². The summed E-state index contributed by atoms with van der Waals surface area (Å²) in [6, 6.07) is 8.37. The van der Waals surface area contributed by atoms with Crippen molar-refractivity contribution in [1.29, 1.82) is 0 Å². The predicted molar refractivity (Wildman–Crippen MR) is 85.1 cm³/mol. The molecule has 1 saturated heterocycles. The highest BCUT2D eigenvalue weighted by molar-refractivity contribution is 5.83. The van der Waals surface area contributed by atoms with E-state index in [0.717, 1.165) is 24.1 Å². The molecule has 5 heteroatoms. The molecule has 0 radical (unpaired) electrons. The lowest BCUT2D eigenvalue weighted by Gasteiger charge is -2.19. The molecule has 114 valence electrons. The lowest BCUT2D eigenvalue weighted by molar-refractivity contribution is -0.128. The summed E-state index contributed by atoms with van der Waals surface area (Å²) in [5, 5.41) is 3.42. The average molecular weight is 296 g/mol. The van der Waals surface area contributed by atoms with E-state index in [1.165, 1.54) is 11.9 Å². The van der Waals surface area contributed by atoms with Crippen LogP contribution in [0.4, 0.5) is 0 Å². The minimum absolute atomic E-state index is 0.0674. The van der Waals surface area contributed by atoms with Gasteiger partial charge in [0.25, 0.3) is 0 Å². The highest BCUT2D eigenvalue weighted by Gasteiger charge is 2.29. The van der Waals surface area contributed by atoms with Crippen molar-refractivity contribution < 1.29 is 4.79 Å². The smallest absolute Gasteiger partial charge is 0.239 e. The topological polar surface area (TPSA) is 58.1 Å². The molecule has 22 heavy (non-hydrogen) atoms. The molecule has 1 amide bonds. The van der Waals surface area contributed by atoms with Crippen molar-refractivity contribution in [3.63, 3.8) is 0 Å². The van der Waals surface area contributed by atoms with Crippen LogP contribution < -0.4 is 5.32 Å². The summed E-state index contributed by atoms with van der Waals surface area (Å²) in [6.07, 6.45) is 6.01. The first-order valence-electron chi connectivity index (χ1n) is 7.51. The SMILES string of the molecule is C[C@H](N[C@H]1CCN(C)C1=O)c1ccc(-c2cncnc2)cc1. The number of carbonyl (C=O) groups excluding carboxylic acids is 1. The van der Waals surface area contributed by atoms with E-state index >= 15 is 0 Å². The van der Waals surface area contributed by atoms with E-state index in [1.54, 1.807) is 17.3 Å². The van der Waals surface area contributed by atoms with E-state index in [9.17, 15) is 4.79 Å². The monoisotopic (exact) mass is 296 g/mol. The van der Waals surface area contributed by atoms with Crippen molar-refractivity contribution in [2.45, 2.75) is 25.4 Å². The van der Waals surface area contributed by atoms with E-state index in [4.69, 9.17) is 0 Å². The van der Waals surface area contributed by atoms with Crippen LogP contribution in [0.5, 0.6) is 0 Å². The zero-order valence-corrected chi connectivity index (χ0v) is 12.9. The fraction of sp³-hybridized carbons (Fsp3) is 0.353. The first-order chi connectivity index (χ1) is 10.6. The first kappa shape index (κ1) is 14.7. The maximum absolute atomic E-state index is 12.0. The number of aromatic nitrogens is 2. The van der Waals surface area contributed by atoms with Gasteiger partial charge >= 0.3 is 0 Å². The molecule has 0 bridgehead atoms. The molecule has 2 heterocycles. The highest BCUT2D eigenvalue weighted by atomic mass is 16.2. The second-order valence-corrected chi connectivity index (χ2v) is 5.74. The van der Waals surface area contributed by atoms with E-state index in [-0.39, 0.29) is 18.0 Å². The Hall–Kier alpha value is -2.27. The number of nitrogens with zero attached hydrogens (tertiary/aromatic N) is 3. The van der Waals surface area contributed by atoms with Gasteiger partial charge in [0, 0.05) is 37.6 Å². The van der Waals surface area contributed by atoms with E-state index in [1.807, 2.05) is 7.05 Å². The number of hydrogen-bond acceptors (Lipinski definition) is 4. The van der Waals surface area contributed by atoms with Crippen molar-refractivity contribution in [2.24, 2.45) is 0 Å². The third-order valence-electron chi connectivity index (χ3n) is 4.18. The summed E-state index contributed by atoms with van der Waals surface area (Å²) in [5.74, 6) is 0.185. The number of likely N-dealkylation sites (tertiary alicyclic amines) is 1. The molecule has 1 aromatic carbocycles. The average Bonchev–Trinajstić information content (AvgIpc) is 2.88. The molecule has 1 aliphatic rings. The van der Waals surface area contributed by atoms with Crippen molar-refractivity contribution in [1.82, 2.24) is 20.2 Å². The van der Waals surface area contributed by atoms with Gasteiger partial charge < -0.3 is 4.90 Å². The van der Waals surface area contributed by atoms with Gasteiger partial charge in [-0.2, -0.15) is 0 Å². The molecule has 3 rings (SSSR count). The molecule has 2 aromatic rings. The van der Waals surface area contributed by atoms with Crippen LogP contribution in [0.2, 0.25) is 0 Å². The fourth-order valence-corrected chi connectivity index (χ4v) is 2.79. The summed E-state index contributed by atoms with van der Waals surface area (Å²) >= 11 is 0. The molecule has 0 spiro atoms. The van der Waals surface area contributed by atoms with Gasteiger partial charge in [-0.3, -0.25) is 10.1 Å². The normalized spacial score (nSPS) is 19.5. The fourth-order valence-electron chi connectivity index (χ4n) is 2.79. The quantitative estimate of drug-likeness (QED) is 0.938. The summed E-state index contributed by atoms with van der Waals surface area (Å²) in [4.78, 5) is 21.8. The number of nitrogens with one attached hydrogen (secondary N) is 1. The van der Waals surface area contributed by atoms with Crippen LogP contribution in [0.1, 0.15) is 24.9 Å². The molecule has 1 aliphatic heterocycles. The van der Waals surface area contributed by atoms with Crippen LogP contribution in [-0.4, -0.2) is 40.4 Å². The molecular weight excluding hydrogens is 276 g/mol. The molecule has 1 N–H and O–H groups in total. The maximum Gasteiger partial charge on any atom is 0.239 e. The Bertz CT molecular complexity index is 641. The number of benzene rings is 1. The molecule has 0 saturated carbocycles. The lowest BCUT2D eigenvalue weighted by Crippen LogP contribution is -2.38. The van der Waals surface area contributed by atoms with Gasteiger partial charge in [0.1, 0.15) is 6.33 Å². The molecule has 1 fully saturated rings. The number of carbonyl (C=O) groups is 1. The van der Waals surface area contributed by atoms with Crippen LogP contribution in [0.3, 0.4) is 0 Å². The van der Waals surface area contributed by atoms with Gasteiger partial charge in [0.2, 0.25) is 5.91 Å². The number of rotatable bonds is 4. The summed E-state index contributed by atoms with van der Waals surface area (Å²) in [5.41, 5.74) is 3.26. The molecule has 2 atom stereocenters. The molecule has 0 aliphatic carbocycles. The van der Waals surface area contributed by atoms with E-state index in [2.05, 4.69) is 46.5 Å². The van der Waals surface area contributed by atoms with Gasteiger partial charge in [0.15, 0.2) is 0 Å². The third-order valence-corrected chi connectivity index (χ3v) is 4.18. The first-order valence-corrected chi connectivity index (χ1v) is 7.51.